The van der Waals surface area contributed by atoms with Gasteiger partial charge in [-0.1, -0.05) is 12.1 Å². The lowest BCUT2D eigenvalue weighted by Crippen LogP contribution is -2.30. The molecule has 0 spiro atoms. The largest absolute Gasteiger partial charge is 0.495 e. The summed E-state index contributed by atoms with van der Waals surface area (Å²) in [5, 5.41) is 7.29. The predicted molar refractivity (Wildman–Crippen MR) is 90.6 cm³/mol. The third-order valence-electron chi connectivity index (χ3n) is 3.88. The number of carbonyl (C=O) groups is 1. The minimum atomic E-state index is -0.0730. The summed E-state index contributed by atoms with van der Waals surface area (Å²) in [6.07, 6.45) is 0. The Morgan fingerprint density at radius 1 is 1.35 bits per heavy atom. The molecule has 0 bridgehead atoms. The molecule has 1 N–H and O–H groups in total. The van der Waals surface area contributed by atoms with Gasteiger partial charge in [0.15, 0.2) is 0 Å². The van der Waals surface area contributed by atoms with Gasteiger partial charge >= 0.3 is 0 Å². The molecule has 124 valence electrons. The number of amides is 1. The number of hydrogen-bond donors (Lipinski definition) is 1. The molecular weight excluding hydrogens is 292 g/mol. The van der Waals surface area contributed by atoms with Crippen LogP contribution in [-0.2, 0) is 18.4 Å². The van der Waals surface area contributed by atoms with Crippen molar-refractivity contribution in [3.8, 4) is 5.75 Å². The molecular formula is C17H24N4O2. The van der Waals surface area contributed by atoms with Gasteiger partial charge in [-0.25, -0.2) is 0 Å². The lowest BCUT2D eigenvalue weighted by molar-refractivity contribution is -0.117. The quantitative estimate of drug-likeness (QED) is 0.887. The Kier molecular flexibility index (Phi) is 5.39. The minimum Gasteiger partial charge on any atom is -0.495 e. The number of aryl methyl sites for hydroxylation is 2. The van der Waals surface area contributed by atoms with Crippen molar-refractivity contribution in [3.05, 3.63) is 41.2 Å². The highest BCUT2D eigenvalue weighted by Gasteiger charge is 2.14. The molecule has 6 nitrogen and oxygen atoms in total. The smallest absolute Gasteiger partial charge is 0.238 e. The summed E-state index contributed by atoms with van der Waals surface area (Å²) in [5.41, 5.74) is 3.98. The molecule has 0 fully saturated rings. The monoisotopic (exact) mass is 316 g/mol. The summed E-state index contributed by atoms with van der Waals surface area (Å²) in [7, 11) is 5.44. The van der Waals surface area contributed by atoms with E-state index in [2.05, 4.69) is 10.4 Å². The van der Waals surface area contributed by atoms with E-state index in [9.17, 15) is 4.79 Å². The second kappa shape index (κ2) is 7.28. The van der Waals surface area contributed by atoms with Gasteiger partial charge in [0.05, 0.1) is 25.0 Å². The van der Waals surface area contributed by atoms with E-state index in [-0.39, 0.29) is 5.91 Å². The number of rotatable bonds is 6. The molecule has 0 radical (unpaired) electrons. The summed E-state index contributed by atoms with van der Waals surface area (Å²) < 4.78 is 7.11. The number of para-hydroxylation sites is 2. The van der Waals surface area contributed by atoms with Gasteiger partial charge in [-0.3, -0.25) is 14.4 Å². The van der Waals surface area contributed by atoms with Crippen LogP contribution in [0.5, 0.6) is 5.75 Å². The van der Waals surface area contributed by atoms with E-state index in [1.165, 1.54) is 5.56 Å². The number of methoxy groups -OCH3 is 1. The molecule has 0 aliphatic heterocycles. The highest BCUT2D eigenvalue weighted by atomic mass is 16.5. The molecule has 0 saturated heterocycles. The maximum absolute atomic E-state index is 12.2. The summed E-state index contributed by atoms with van der Waals surface area (Å²) >= 11 is 0. The summed E-state index contributed by atoms with van der Waals surface area (Å²) in [6.45, 7) is 5.01. The molecule has 0 saturated carbocycles. The van der Waals surface area contributed by atoms with Crippen LogP contribution in [-0.4, -0.2) is 41.3 Å². The van der Waals surface area contributed by atoms with Crippen LogP contribution < -0.4 is 10.1 Å². The molecule has 0 aliphatic rings. The first-order valence-electron chi connectivity index (χ1n) is 7.53. The molecule has 23 heavy (non-hydrogen) atoms. The standard InChI is InChI=1S/C17H24N4O2/c1-12-14(13(2)21(4)19-12)10-20(3)11-17(22)18-15-8-6-7-9-16(15)23-5/h6-9H,10-11H2,1-5H3,(H,18,22). The second-order valence-electron chi connectivity index (χ2n) is 5.69. The summed E-state index contributed by atoms with van der Waals surface area (Å²) in [5.74, 6) is 0.582. The van der Waals surface area contributed by atoms with Gasteiger partial charge in [-0.05, 0) is 33.0 Å². The van der Waals surface area contributed by atoms with E-state index < -0.39 is 0 Å². The molecule has 1 aromatic carbocycles. The topological polar surface area (TPSA) is 59.4 Å². The molecule has 2 rings (SSSR count). The zero-order valence-corrected chi connectivity index (χ0v) is 14.4. The predicted octanol–water partition coefficient (Wildman–Crippen LogP) is 2.12. The van der Waals surface area contributed by atoms with Crippen molar-refractivity contribution in [2.24, 2.45) is 7.05 Å². The van der Waals surface area contributed by atoms with Crippen molar-refractivity contribution in [1.82, 2.24) is 14.7 Å². The number of benzene rings is 1. The second-order valence-corrected chi connectivity index (χ2v) is 5.69. The van der Waals surface area contributed by atoms with Crippen LogP contribution in [0.2, 0.25) is 0 Å². The van der Waals surface area contributed by atoms with Gasteiger partial charge in [0.2, 0.25) is 5.91 Å². The fraction of sp³-hybridized carbons (Fsp3) is 0.412. The average Bonchev–Trinajstić information content (AvgIpc) is 2.74. The first kappa shape index (κ1) is 17.0. The minimum absolute atomic E-state index is 0.0730. The number of nitrogens with zero attached hydrogens (tertiary/aromatic N) is 3. The number of hydrogen-bond acceptors (Lipinski definition) is 4. The number of nitrogens with one attached hydrogen (secondary N) is 1. The van der Waals surface area contributed by atoms with E-state index in [1.54, 1.807) is 7.11 Å². The Balaban J connectivity index is 1.97. The van der Waals surface area contributed by atoms with E-state index in [0.717, 1.165) is 11.4 Å². The third-order valence-corrected chi connectivity index (χ3v) is 3.88. The molecule has 1 amide bonds. The number of likely N-dealkylation sites (N-methyl/N-ethyl adjacent to an activating group) is 1. The van der Waals surface area contributed by atoms with Crippen LogP contribution in [0.4, 0.5) is 5.69 Å². The van der Waals surface area contributed by atoms with E-state index in [4.69, 9.17) is 4.74 Å². The molecule has 1 aromatic heterocycles. The number of carbonyl (C=O) groups excluding carboxylic acids is 1. The zero-order valence-electron chi connectivity index (χ0n) is 14.4. The van der Waals surface area contributed by atoms with Gasteiger partial charge in [-0.2, -0.15) is 5.10 Å². The van der Waals surface area contributed by atoms with E-state index >= 15 is 0 Å². The van der Waals surface area contributed by atoms with Crippen LogP contribution in [0, 0.1) is 13.8 Å². The Hall–Kier alpha value is -2.34. The van der Waals surface area contributed by atoms with Crippen molar-refractivity contribution in [2.45, 2.75) is 20.4 Å². The lowest BCUT2D eigenvalue weighted by atomic mass is 10.2. The SMILES string of the molecule is COc1ccccc1NC(=O)CN(C)Cc1c(C)nn(C)c1C. The van der Waals surface area contributed by atoms with Crippen molar-refractivity contribution in [1.29, 1.82) is 0 Å². The molecule has 1 heterocycles. The van der Waals surface area contributed by atoms with Crippen molar-refractivity contribution in [2.75, 3.05) is 26.0 Å². The number of aromatic nitrogens is 2. The van der Waals surface area contributed by atoms with Crippen LogP contribution in [0.1, 0.15) is 17.0 Å². The number of anilines is 1. The van der Waals surface area contributed by atoms with E-state index in [0.29, 0.717) is 24.5 Å². The fourth-order valence-corrected chi connectivity index (χ4v) is 2.55. The van der Waals surface area contributed by atoms with E-state index in [1.807, 2.05) is 61.8 Å². The maximum Gasteiger partial charge on any atom is 0.238 e. The zero-order chi connectivity index (χ0) is 17.0. The highest BCUT2D eigenvalue weighted by Crippen LogP contribution is 2.23. The molecule has 0 atom stereocenters. The normalized spacial score (nSPS) is 10.9. The van der Waals surface area contributed by atoms with Gasteiger partial charge in [-0.15, -0.1) is 0 Å². The average molecular weight is 316 g/mol. The lowest BCUT2D eigenvalue weighted by Gasteiger charge is -2.17. The van der Waals surface area contributed by atoms with Gasteiger partial charge < -0.3 is 10.1 Å². The Labute approximate surface area is 137 Å². The van der Waals surface area contributed by atoms with Crippen LogP contribution in [0.15, 0.2) is 24.3 Å². The van der Waals surface area contributed by atoms with Gasteiger partial charge in [0.25, 0.3) is 0 Å². The summed E-state index contributed by atoms with van der Waals surface area (Å²) in [6, 6.07) is 7.38. The Morgan fingerprint density at radius 3 is 2.65 bits per heavy atom. The van der Waals surface area contributed by atoms with Crippen LogP contribution in [0.25, 0.3) is 0 Å². The first-order valence-corrected chi connectivity index (χ1v) is 7.53. The Bertz CT molecular complexity index is 694. The fourth-order valence-electron chi connectivity index (χ4n) is 2.55. The molecule has 2 aromatic rings. The molecule has 0 aliphatic carbocycles. The van der Waals surface area contributed by atoms with Crippen molar-refractivity contribution in [3.63, 3.8) is 0 Å². The van der Waals surface area contributed by atoms with Gasteiger partial charge in [0.1, 0.15) is 5.75 Å². The summed E-state index contributed by atoms with van der Waals surface area (Å²) in [4.78, 5) is 14.2. The van der Waals surface area contributed by atoms with Gasteiger partial charge in [0, 0.05) is 24.8 Å². The number of ether oxygens (including phenoxy) is 1. The highest BCUT2D eigenvalue weighted by molar-refractivity contribution is 5.93. The van der Waals surface area contributed by atoms with Crippen LogP contribution >= 0.6 is 0 Å². The maximum atomic E-state index is 12.2. The molecule has 6 heteroatoms. The van der Waals surface area contributed by atoms with Crippen molar-refractivity contribution >= 4 is 11.6 Å². The van der Waals surface area contributed by atoms with Crippen LogP contribution in [0.3, 0.4) is 0 Å². The third kappa shape index (κ3) is 4.10. The molecule has 0 unspecified atom stereocenters. The Morgan fingerprint density at radius 2 is 2.04 bits per heavy atom. The van der Waals surface area contributed by atoms with Crippen molar-refractivity contribution < 1.29 is 9.53 Å². The first-order chi connectivity index (χ1) is 10.9.